The van der Waals surface area contributed by atoms with E-state index < -0.39 is 12.6 Å². The van der Waals surface area contributed by atoms with Crippen molar-refractivity contribution in [3.63, 3.8) is 0 Å². The Labute approximate surface area is 228 Å². The van der Waals surface area contributed by atoms with Gasteiger partial charge in [-0.15, -0.1) is 0 Å². The predicted octanol–water partition coefficient (Wildman–Crippen LogP) is 10.9. The average Bonchev–Trinajstić information content (AvgIpc) is 2.91. The molecule has 3 heteroatoms. The highest BCUT2D eigenvalue weighted by molar-refractivity contribution is 5.53. The van der Waals surface area contributed by atoms with Gasteiger partial charge in [-0.05, 0) is 71.9 Å². The number of rotatable bonds is 10. The van der Waals surface area contributed by atoms with Gasteiger partial charge in [0.1, 0.15) is 11.5 Å². The number of benzene rings is 2. The van der Waals surface area contributed by atoms with E-state index in [0.717, 1.165) is 35.5 Å². The molecular weight excluding hydrogens is 456 g/mol. The van der Waals surface area contributed by atoms with Crippen molar-refractivity contribution in [3.05, 3.63) is 57.6 Å². The van der Waals surface area contributed by atoms with Crippen LogP contribution in [0.2, 0.25) is 0 Å². The van der Waals surface area contributed by atoms with E-state index in [4.69, 9.17) is 14.2 Å². The Balaban J connectivity index is 0.00000115. The highest BCUT2D eigenvalue weighted by Crippen LogP contribution is 2.52. The summed E-state index contributed by atoms with van der Waals surface area (Å²) in [6.45, 7) is 21.5. The van der Waals surface area contributed by atoms with E-state index in [1.807, 2.05) is 27.7 Å². The monoisotopic (exact) mass is 510 g/mol. The van der Waals surface area contributed by atoms with Crippen LogP contribution in [0.15, 0.2) is 24.3 Å². The third-order valence-corrected chi connectivity index (χ3v) is 7.00. The summed E-state index contributed by atoms with van der Waals surface area (Å²) < 4.78 is 19.6. The van der Waals surface area contributed by atoms with Crippen LogP contribution >= 0.6 is 0 Å². The summed E-state index contributed by atoms with van der Waals surface area (Å²) in [6, 6.07) is 9.22. The number of hydrogen-bond donors (Lipinski definition) is 0. The maximum Gasteiger partial charge on any atom is 0.233 e. The molecule has 208 valence electrons. The fourth-order valence-electron chi connectivity index (χ4n) is 5.06. The van der Waals surface area contributed by atoms with Crippen LogP contribution in [-0.2, 0) is 17.6 Å². The van der Waals surface area contributed by atoms with Crippen LogP contribution in [0.3, 0.4) is 0 Å². The SMILES string of the molecule is CC.CC.CCCCCc1cc(C(C)C)c2c(c1)C1Oc3c(C(C)C)cc(CCCCC)cc3C(O2)O1. The summed E-state index contributed by atoms with van der Waals surface area (Å²) in [7, 11) is 0. The molecule has 0 fully saturated rings. The van der Waals surface area contributed by atoms with E-state index >= 15 is 0 Å². The first-order chi connectivity index (χ1) is 17.9. The molecule has 0 aliphatic carbocycles. The number of hydrogen-bond acceptors (Lipinski definition) is 3. The predicted molar refractivity (Wildman–Crippen MR) is 158 cm³/mol. The Hall–Kier alpha value is -2.00. The van der Waals surface area contributed by atoms with E-state index in [-0.39, 0.29) is 0 Å². The summed E-state index contributed by atoms with van der Waals surface area (Å²) in [6.07, 6.45) is 8.78. The van der Waals surface area contributed by atoms with Crippen LogP contribution in [-0.4, -0.2) is 0 Å². The van der Waals surface area contributed by atoms with Crippen LogP contribution in [0.4, 0.5) is 0 Å². The lowest BCUT2D eigenvalue weighted by atomic mass is 9.91. The third-order valence-electron chi connectivity index (χ3n) is 7.00. The van der Waals surface area contributed by atoms with Gasteiger partial charge in [0.25, 0.3) is 0 Å². The number of aryl methyl sites for hydroxylation is 2. The molecule has 2 heterocycles. The zero-order valence-electron chi connectivity index (χ0n) is 25.5. The average molecular weight is 511 g/mol. The van der Waals surface area contributed by atoms with E-state index in [1.54, 1.807) is 0 Å². The largest absolute Gasteiger partial charge is 0.459 e. The van der Waals surface area contributed by atoms with Gasteiger partial charge >= 0.3 is 0 Å². The van der Waals surface area contributed by atoms with Crippen LogP contribution in [0.25, 0.3) is 0 Å². The van der Waals surface area contributed by atoms with Gasteiger partial charge in [-0.1, -0.05) is 107 Å². The zero-order chi connectivity index (χ0) is 27.5. The van der Waals surface area contributed by atoms with Crippen molar-refractivity contribution in [3.8, 4) is 11.5 Å². The molecule has 2 aromatic rings. The molecule has 0 spiro atoms. The van der Waals surface area contributed by atoms with E-state index in [9.17, 15) is 0 Å². The Kier molecular flexibility index (Phi) is 13.0. The van der Waals surface area contributed by atoms with Gasteiger partial charge in [-0.25, -0.2) is 0 Å². The maximum atomic E-state index is 6.62. The Morgan fingerprint density at radius 2 is 0.973 bits per heavy atom. The number of fused-ring (bicyclic) bond motifs is 6. The zero-order valence-corrected chi connectivity index (χ0v) is 25.5. The molecule has 0 aromatic heterocycles. The van der Waals surface area contributed by atoms with Crippen molar-refractivity contribution >= 4 is 0 Å². The van der Waals surface area contributed by atoms with Crippen molar-refractivity contribution in [2.75, 3.05) is 0 Å². The molecule has 0 saturated carbocycles. The van der Waals surface area contributed by atoms with Crippen molar-refractivity contribution in [2.24, 2.45) is 0 Å². The molecule has 2 aliphatic rings. The van der Waals surface area contributed by atoms with Crippen LogP contribution < -0.4 is 9.47 Å². The molecule has 0 N–H and O–H groups in total. The van der Waals surface area contributed by atoms with E-state index in [2.05, 4.69) is 65.8 Å². The second kappa shape index (κ2) is 15.4. The van der Waals surface area contributed by atoms with Crippen molar-refractivity contribution < 1.29 is 14.2 Å². The summed E-state index contributed by atoms with van der Waals surface area (Å²) in [4.78, 5) is 0. The van der Waals surface area contributed by atoms with Gasteiger partial charge in [-0.3, -0.25) is 4.74 Å². The highest BCUT2D eigenvalue weighted by atomic mass is 16.8. The molecule has 0 amide bonds. The Bertz CT molecular complexity index is 883. The first-order valence-electron chi connectivity index (χ1n) is 15.2. The molecule has 37 heavy (non-hydrogen) atoms. The summed E-state index contributed by atoms with van der Waals surface area (Å²) in [5.74, 6) is 2.71. The molecule has 2 bridgehead atoms. The topological polar surface area (TPSA) is 27.7 Å². The Morgan fingerprint density at radius 1 is 0.595 bits per heavy atom. The molecule has 2 aliphatic heterocycles. The second-order valence-electron chi connectivity index (χ2n) is 10.5. The molecule has 4 rings (SSSR count). The van der Waals surface area contributed by atoms with Crippen molar-refractivity contribution in [2.45, 2.75) is 145 Å². The standard InChI is InChI=1S/C30H42O3.2C2H6/c1-7-9-11-13-21-15-23(19(3)4)27-25(17-21)29-32-28-24(20(5)6)16-22(14-12-10-8-2)18-26(28)30(31-27)33-29;2*1-2/h15-20,29-30H,7-14H2,1-6H3;2*1-2H3. The number of unbranched alkanes of at least 4 members (excludes halogenated alkanes) is 4. The van der Waals surface area contributed by atoms with Gasteiger partial charge in [0.15, 0.2) is 0 Å². The van der Waals surface area contributed by atoms with Gasteiger partial charge in [0.2, 0.25) is 12.6 Å². The summed E-state index contributed by atoms with van der Waals surface area (Å²) in [5, 5.41) is 0. The van der Waals surface area contributed by atoms with Crippen molar-refractivity contribution in [1.29, 1.82) is 0 Å². The summed E-state index contributed by atoms with van der Waals surface area (Å²) >= 11 is 0. The molecular formula is C34H54O3. The normalized spacial score (nSPS) is 17.0. The lowest BCUT2D eigenvalue weighted by Gasteiger charge is -2.40. The third kappa shape index (κ3) is 7.53. The minimum absolute atomic E-state index is 0.384. The molecule has 2 atom stereocenters. The lowest BCUT2D eigenvalue weighted by molar-refractivity contribution is -0.228. The smallest absolute Gasteiger partial charge is 0.233 e. The van der Waals surface area contributed by atoms with Crippen LogP contribution in [0.5, 0.6) is 11.5 Å². The summed E-state index contributed by atoms with van der Waals surface area (Å²) in [5.41, 5.74) is 7.37. The van der Waals surface area contributed by atoms with Crippen molar-refractivity contribution in [1.82, 2.24) is 0 Å². The lowest BCUT2D eigenvalue weighted by Crippen LogP contribution is -2.32. The second-order valence-corrected chi connectivity index (χ2v) is 10.5. The maximum absolute atomic E-state index is 6.62. The minimum Gasteiger partial charge on any atom is -0.459 e. The van der Waals surface area contributed by atoms with Crippen LogP contribution in [0, 0.1) is 0 Å². The van der Waals surface area contributed by atoms with Gasteiger partial charge in [0, 0.05) is 0 Å². The first-order valence-corrected chi connectivity index (χ1v) is 15.2. The molecule has 0 saturated heterocycles. The highest BCUT2D eigenvalue weighted by Gasteiger charge is 2.40. The van der Waals surface area contributed by atoms with E-state index in [1.165, 1.54) is 60.8 Å². The number of ether oxygens (including phenoxy) is 3. The molecule has 2 unspecified atom stereocenters. The van der Waals surface area contributed by atoms with Crippen LogP contribution in [0.1, 0.15) is 166 Å². The van der Waals surface area contributed by atoms with Gasteiger partial charge < -0.3 is 9.47 Å². The Morgan fingerprint density at radius 3 is 1.30 bits per heavy atom. The van der Waals surface area contributed by atoms with Gasteiger partial charge in [-0.2, -0.15) is 0 Å². The molecule has 3 nitrogen and oxygen atoms in total. The van der Waals surface area contributed by atoms with Gasteiger partial charge in [0.05, 0.1) is 11.1 Å². The fourth-order valence-corrected chi connectivity index (χ4v) is 5.06. The molecule has 0 radical (unpaired) electrons. The quantitative estimate of drug-likeness (QED) is 0.297. The minimum atomic E-state index is -0.404. The van der Waals surface area contributed by atoms with E-state index in [0.29, 0.717) is 11.8 Å². The fraction of sp³-hybridized carbons (Fsp3) is 0.647. The first kappa shape index (κ1) is 31.2. The molecule has 2 aromatic carbocycles.